The molecular formula is C19H18F5N5O2. The number of ether oxygens (including phenoxy) is 2. The highest BCUT2D eigenvalue weighted by atomic mass is 19.3. The van der Waals surface area contributed by atoms with Crippen molar-refractivity contribution < 1.29 is 31.4 Å². The molecule has 0 saturated carbocycles. The van der Waals surface area contributed by atoms with Gasteiger partial charge >= 0.3 is 6.61 Å². The van der Waals surface area contributed by atoms with Gasteiger partial charge in [0, 0.05) is 6.54 Å². The van der Waals surface area contributed by atoms with Gasteiger partial charge in [0.25, 0.3) is 11.9 Å². The van der Waals surface area contributed by atoms with Gasteiger partial charge in [-0.15, -0.1) is 0 Å². The third kappa shape index (κ3) is 5.19. The predicted molar refractivity (Wildman–Crippen MR) is 102 cm³/mol. The van der Waals surface area contributed by atoms with Gasteiger partial charge in [-0.25, -0.2) is 23.1 Å². The molecule has 0 fully saturated rings. The topological polar surface area (TPSA) is 106 Å². The lowest BCUT2D eigenvalue weighted by Gasteiger charge is -2.25. The number of pyridine rings is 1. The van der Waals surface area contributed by atoms with E-state index in [0.717, 1.165) is 19.2 Å². The van der Waals surface area contributed by atoms with E-state index in [1.807, 2.05) is 0 Å². The van der Waals surface area contributed by atoms with E-state index in [4.69, 9.17) is 11.1 Å². The number of alkyl halides is 4. The average molecular weight is 443 g/mol. The second-order valence-electron chi connectivity index (χ2n) is 6.71. The van der Waals surface area contributed by atoms with Crippen LogP contribution in [0.15, 0.2) is 35.5 Å². The molecule has 0 spiro atoms. The molecule has 12 heteroatoms. The summed E-state index contributed by atoms with van der Waals surface area (Å²) in [7, 11) is 0. The van der Waals surface area contributed by atoms with Gasteiger partial charge in [0.1, 0.15) is 17.3 Å². The van der Waals surface area contributed by atoms with Gasteiger partial charge in [0.2, 0.25) is 0 Å². The molecule has 1 aliphatic heterocycles. The number of nitrogens with one attached hydrogen (secondary N) is 2. The fourth-order valence-corrected chi connectivity index (χ4v) is 2.90. The summed E-state index contributed by atoms with van der Waals surface area (Å²) in [6.45, 7) is -2.88. The number of amidine groups is 2. The summed E-state index contributed by atoms with van der Waals surface area (Å²) in [5.74, 6) is -5.80. The van der Waals surface area contributed by atoms with Gasteiger partial charge in [-0.3, -0.25) is 5.41 Å². The molecule has 4 N–H and O–H groups in total. The molecule has 0 unspecified atom stereocenters. The number of nitrogens with two attached hydrogens (primary N) is 1. The maximum Gasteiger partial charge on any atom is 0.387 e. The maximum absolute atomic E-state index is 14.5. The van der Waals surface area contributed by atoms with E-state index in [9.17, 15) is 22.0 Å². The van der Waals surface area contributed by atoms with Crippen LogP contribution in [0.5, 0.6) is 5.75 Å². The minimum atomic E-state index is -3.50. The number of rotatable bonds is 7. The highest BCUT2D eigenvalue weighted by Crippen LogP contribution is 2.38. The Bertz CT molecular complexity index is 998. The summed E-state index contributed by atoms with van der Waals surface area (Å²) < 4.78 is 76.4. The van der Waals surface area contributed by atoms with Gasteiger partial charge in [0.15, 0.2) is 12.4 Å². The Morgan fingerprint density at radius 1 is 1.32 bits per heavy atom. The highest BCUT2D eigenvalue weighted by Gasteiger charge is 2.40. The Morgan fingerprint density at radius 3 is 2.68 bits per heavy atom. The van der Waals surface area contributed by atoms with Crippen LogP contribution in [0.3, 0.4) is 0 Å². The van der Waals surface area contributed by atoms with E-state index in [-0.39, 0.29) is 29.4 Å². The molecular weight excluding hydrogens is 425 g/mol. The molecule has 0 bridgehead atoms. The monoisotopic (exact) mass is 443 g/mol. The molecule has 2 heterocycles. The Hall–Kier alpha value is -3.44. The quantitative estimate of drug-likeness (QED) is 0.344. The molecule has 1 aromatic heterocycles. The summed E-state index contributed by atoms with van der Waals surface area (Å²) in [6.07, 6.45) is 1.09. The van der Waals surface area contributed by atoms with E-state index >= 15 is 0 Å². The number of fused-ring (bicyclic) bond motifs is 1. The van der Waals surface area contributed by atoms with Crippen molar-refractivity contribution in [3.8, 4) is 5.75 Å². The van der Waals surface area contributed by atoms with Gasteiger partial charge in [-0.1, -0.05) is 6.92 Å². The van der Waals surface area contributed by atoms with Gasteiger partial charge in [0.05, 0.1) is 17.8 Å². The molecule has 2 aromatic rings. The number of nitrogens with zero attached hydrogens (tertiary/aromatic N) is 2. The second-order valence-corrected chi connectivity index (χ2v) is 6.71. The van der Waals surface area contributed by atoms with Crippen LogP contribution in [0.4, 0.5) is 27.6 Å². The van der Waals surface area contributed by atoms with Crippen LogP contribution in [0.2, 0.25) is 0 Å². The minimum Gasteiger partial charge on any atom is -0.459 e. The Kier molecular flexibility index (Phi) is 6.27. The van der Waals surface area contributed by atoms with Crippen molar-refractivity contribution in [2.45, 2.75) is 31.9 Å². The van der Waals surface area contributed by atoms with Crippen molar-refractivity contribution in [2.75, 3.05) is 6.61 Å². The molecule has 166 valence electrons. The smallest absolute Gasteiger partial charge is 0.387 e. The van der Waals surface area contributed by atoms with Crippen molar-refractivity contribution in [3.63, 3.8) is 0 Å². The number of hydrogen-bond acceptors (Lipinski definition) is 6. The Labute approximate surface area is 173 Å². The van der Waals surface area contributed by atoms with Gasteiger partial charge in [-0.2, -0.15) is 8.78 Å². The molecule has 3 rings (SSSR count). The van der Waals surface area contributed by atoms with Crippen molar-refractivity contribution in [1.82, 2.24) is 10.3 Å². The lowest BCUT2D eigenvalue weighted by Crippen LogP contribution is -2.33. The third-order valence-corrected chi connectivity index (χ3v) is 4.60. The van der Waals surface area contributed by atoms with Crippen molar-refractivity contribution >= 4 is 17.5 Å². The van der Waals surface area contributed by atoms with E-state index < -0.39 is 36.9 Å². The molecule has 1 atom stereocenters. The zero-order valence-electron chi connectivity index (χ0n) is 16.1. The summed E-state index contributed by atoms with van der Waals surface area (Å²) in [5.41, 5.74) is 5.66. The fourth-order valence-electron chi connectivity index (χ4n) is 2.90. The van der Waals surface area contributed by atoms with Gasteiger partial charge in [-0.05, 0) is 35.4 Å². The molecule has 7 nitrogen and oxygen atoms in total. The van der Waals surface area contributed by atoms with Crippen LogP contribution < -0.4 is 15.8 Å². The maximum atomic E-state index is 14.5. The van der Waals surface area contributed by atoms with E-state index in [2.05, 4.69) is 24.8 Å². The molecule has 0 aliphatic carbocycles. The largest absolute Gasteiger partial charge is 0.459 e. The normalized spacial score (nSPS) is 14.4. The van der Waals surface area contributed by atoms with Crippen LogP contribution in [0.25, 0.3) is 0 Å². The fraction of sp³-hybridized carbons (Fsp3) is 0.316. The molecule has 1 aromatic carbocycles. The Morgan fingerprint density at radius 2 is 2.06 bits per heavy atom. The van der Waals surface area contributed by atoms with Gasteiger partial charge < -0.3 is 20.5 Å². The van der Waals surface area contributed by atoms with Crippen LogP contribution in [-0.4, -0.2) is 36.0 Å². The summed E-state index contributed by atoms with van der Waals surface area (Å²) in [4.78, 5) is 8.29. The lowest BCUT2D eigenvalue weighted by molar-refractivity contribution is -0.0650. The number of aromatic nitrogens is 1. The Balaban J connectivity index is 1.88. The number of halogens is 5. The van der Waals surface area contributed by atoms with Crippen molar-refractivity contribution in [1.29, 1.82) is 5.41 Å². The second kappa shape index (κ2) is 8.74. The molecule has 0 saturated heterocycles. The number of aliphatic imine (C=N–C) groups is 1. The summed E-state index contributed by atoms with van der Waals surface area (Å²) >= 11 is 0. The summed E-state index contributed by atoms with van der Waals surface area (Å²) in [6, 6.07) is 4.14. The standard InChI is InChI=1S/C19H18F5N5O2/c1-9(19(23,24)8-30-18(25)26)12-5-15-10(4-13(12)20)6-28-16(29-15)14-3-2-11(7-27-14)31-17(21)22/h2-5,7,9,17H,6,8H2,1H3,(H3,25,26)(H,28,29)/t9-/m1/s1. The van der Waals surface area contributed by atoms with E-state index in [1.54, 1.807) is 0 Å². The molecule has 0 radical (unpaired) electrons. The predicted octanol–water partition coefficient (Wildman–Crippen LogP) is 3.65. The van der Waals surface area contributed by atoms with E-state index in [0.29, 0.717) is 11.3 Å². The third-order valence-electron chi connectivity index (χ3n) is 4.60. The average Bonchev–Trinajstić information content (AvgIpc) is 2.71. The first-order valence-electron chi connectivity index (χ1n) is 8.97. The van der Waals surface area contributed by atoms with Crippen LogP contribution >= 0.6 is 0 Å². The first kappa shape index (κ1) is 22.2. The SMILES string of the molecule is C[C@H](c1cc2c(cc1F)CNC(c1ccc(OC(F)F)cn1)=N2)C(F)(F)COC(=N)N. The zero-order valence-corrected chi connectivity index (χ0v) is 16.1. The van der Waals surface area contributed by atoms with Crippen molar-refractivity contribution in [3.05, 3.63) is 53.1 Å². The molecule has 31 heavy (non-hydrogen) atoms. The first-order valence-corrected chi connectivity index (χ1v) is 8.97. The van der Waals surface area contributed by atoms with E-state index in [1.165, 1.54) is 18.2 Å². The van der Waals surface area contributed by atoms with Crippen LogP contribution in [0.1, 0.15) is 29.7 Å². The molecule has 0 amide bonds. The van der Waals surface area contributed by atoms with Crippen LogP contribution in [0, 0.1) is 11.2 Å². The molecule has 1 aliphatic rings. The zero-order chi connectivity index (χ0) is 22.8. The lowest BCUT2D eigenvalue weighted by atomic mass is 9.92. The van der Waals surface area contributed by atoms with Crippen molar-refractivity contribution in [2.24, 2.45) is 10.7 Å². The summed E-state index contributed by atoms with van der Waals surface area (Å²) in [5, 5.41) is 9.83. The van der Waals surface area contributed by atoms with Crippen LogP contribution in [-0.2, 0) is 11.3 Å². The minimum absolute atomic E-state index is 0.135. The first-order chi connectivity index (χ1) is 14.6. The highest BCUT2D eigenvalue weighted by molar-refractivity contribution is 5.99. The number of hydrogen-bond donors (Lipinski definition) is 3. The number of benzene rings is 1.